The Kier molecular flexibility index (Phi) is 5.12. The molecule has 0 N–H and O–H groups in total. The van der Waals surface area contributed by atoms with E-state index in [1.54, 1.807) is 6.21 Å². The average molecular weight is 176 g/mol. The van der Waals surface area contributed by atoms with Crippen LogP contribution in [0.15, 0.2) is 22.7 Å². The quantitative estimate of drug-likeness (QED) is 0.432. The van der Waals surface area contributed by atoms with E-state index < -0.39 is 0 Å². The molecule has 0 amide bonds. The molecule has 0 radical (unpaired) electrons. The van der Waals surface area contributed by atoms with Crippen molar-refractivity contribution in [1.82, 2.24) is 0 Å². The van der Waals surface area contributed by atoms with Crippen molar-refractivity contribution in [3.63, 3.8) is 0 Å². The largest absolute Gasteiger partial charge is 0.159 e. The van der Waals surface area contributed by atoms with E-state index in [2.05, 4.69) is 24.2 Å². The first-order valence-corrected chi connectivity index (χ1v) is 5.25. The van der Waals surface area contributed by atoms with Gasteiger partial charge in [-0.3, -0.25) is 0 Å². The van der Waals surface area contributed by atoms with Gasteiger partial charge in [-0.05, 0) is 6.42 Å². The third-order valence-corrected chi connectivity index (χ3v) is 2.22. The topological polar surface area (TPSA) is 12.4 Å². The minimum Gasteiger partial charge on any atom is -0.0740 e. The van der Waals surface area contributed by atoms with Gasteiger partial charge in [0.05, 0.1) is 12.2 Å². The van der Waals surface area contributed by atoms with Crippen LogP contribution < -0.4 is 0 Å². The number of rotatable bonds is 6. The Hall–Kier alpha value is -0.940. The highest BCUT2D eigenvalue weighted by Gasteiger charge is 2.03. The van der Waals surface area contributed by atoms with Crippen molar-refractivity contribution in [2.45, 2.75) is 45.4 Å². The Labute approximate surface area is 81.3 Å². The summed E-state index contributed by atoms with van der Waals surface area (Å²) in [6.07, 6.45) is 16.7. The summed E-state index contributed by atoms with van der Waals surface area (Å²) in [5, 5.41) is 0. The molecule has 1 heterocycles. The van der Waals surface area contributed by atoms with Crippen LogP contribution in [0.3, 0.4) is 0 Å². The summed E-state index contributed by atoms with van der Waals surface area (Å²) in [5.74, 6) is 0. The summed E-state index contributed by atoms with van der Waals surface area (Å²) in [4.78, 5) is 3.97. The lowest BCUT2D eigenvalue weighted by atomic mass is 10.1. The van der Waals surface area contributed by atoms with Gasteiger partial charge in [0.15, 0.2) is 6.20 Å². The van der Waals surface area contributed by atoms with Gasteiger partial charge in [-0.25, -0.2) is 0 Å². The van der Waals surface area contributed by atoms with Crippen molar-refractivity contribution in [2.24, 2.45) is 4.99 Å². The molecule has 1 rings (SSSR count). The lowest BCUT2D eigenvalue weighted by molar-refractivity contribution is 0.632. The Morgan fingerprint density at radius 2 is 2.08 bits per heavy atom. The third kappa shape index (κ3) is 4.59. The zero-order valence-corrected chi connectivity index (χ0v) is 8.42. The van der Waals surface area contributed by atoms with E-state index in [1.165, 1.54) is 37.7 Å². The third-order valence-electron chi connectivity index (χ3n) is 2.22. The number of nitrogens with zero attached hydrogens (tertiary/aromatic N) is 1. The van der Waals surface area contributed by atoms with Crippen molar-refractivity contribution in [3.05, 3.63) is 23.9 Å². The second-order valence-corrected chi connectivity index (χ2v) is 3.44. The molecule has 0 aromatic rings. The fourth-order valence-corrected chi connectivity index (χ4v) is 1.42. The van der Waals surface area contributed by atoms with E-state index in [1.807, 2.05) is 6.08 Å². The van der Waals surface area contributed by atoms with Gasteiger partial charge < -0.3 is 0 Å². The summed E-state index contributed by atoms with van der Waals surface area (Å²) in [5.41, 5.74) is 1.25. The molecule has 13 heavy (non-hydrogen) atoms. The molecule has 1 nitrogen and oxygen atoms in total. The maximum absolute atomic E-state index is 3.97. The number of hydrogen-bond donors (Lipinski definition) is 0. The molecule has 0 saturated carbocycles. The zero-order chi connectivity index (χ0) is 9.36. The van der Waals surface area contributed by atoms with Crippen LogP contribution in [0.25, 0.3) is 0 Å². The Morgan fingerprint density at radius 3 is 2.77 bits per heavy atom. The molecular weight excluding hydrogens is 158 g/mol. The van der Waals surface area contributed by atoms with Crippen molar-refractivity contribution in [3.8, 4) is 0 Å². The van der Waals surface area contributed by atoms with Crippen LogP contribution in [0.2, 0.25) is 0 Å². The van der Waals surface area contributed by atoms with E-state index in [0.29, 0.717) is 0 Å². The number of unbranched alkanes of at least 4 members (excludes halogenated alkanes) is 4. The number of allylic oxidation sites excluding steroid dienone is 3. The van der Waals surface area contributed by atoms with Crippen LogP contribution in [-0.4, -0.2) is 6.21 Å². The molecule has 0 bridgehead atoms. The number of aliphatic imine (C=N–C) groups is 1. The molecule has 0 atom stereocenters. The smallest absolute Gasteiger partial charge is 0.0740 e. The fraction of sp³-hybridized carbons (Fsp3) is 0.583. The van der Waals surface area contributed by atoms with Crippen LogP contribution in [0, 0.1) is 6.20 Å². The van der Waals surface area contributed by atoms with Crippen molar-refractivity contribution >= 4 is 6.21 Å². The lowest BCUT2D eigenvalue weighted by Crippen LogP contribution is -1.85. The summed E-state index contributed by atoms with van der Waals surface area (Å²) in [7, 11) is 0. The molecule has 1 aliphatic heterocycles. The van der Waals surface area contributed by atoms with E-state index in [4.69, 9.17) is 0 Å². The second kappa shape index (κ2) is 6.56. The molecule has 0 spiro atoms. The van der Waals surface area contributed by atoms with Crippen LogP contribution in [-0.2, 0) is 0 Å². The fourth-order valence-electron chi connectivity index (χ4n) is 1.42. The van der Waals surface area contributed by atoms with Gasteiger partial charge in [0.25, 0.3) is 0 Å². The molecule has 0 fully saturated rings. The van der Waals surface area contributed by atoms with Gasteiger partial charge in [-0.15, -0.1) is 0 Å². The molecule has 0 aliphatic carbocycles. The van der Waals surface area contributed by atoms with Crippen molar-refractivity contribution in [1.29, 1.82) is 0 Å². The van der Waals surface area contributed by atoms with Crippen LogP contribution in [0.1, 0.15) is 45.4 Å². The molecule has 0 aromatic heterocycles. The molecule has 0 unspecified atom stereocenters. The predicted octanol–water partition coefficient (Wildman–Crippen LogP) is 3.67. The Morgan fingerprint density at radius 1 is 1.23 bits per heavy atom. The normalized spacial score (nSPS) is 14.1. The Bertz CT molecular complexity index is 211. The number of hydrogen-bond acceptors (Lipinski definition) is 1. The summed E-state index contributed by atoms with van der Waals surface area (Å²) < 4.78 is 0. The van der Waals surface area contributed by atoms with Gasteiger partial charge in [0, 0.05) is 6.42 Å². The van der Waals surface area contributed by atoms with E-state index >= 15 is 0 Å². The minimum atomic E-state index is 1.14. The summed E-state index contributed by atoms with van der Waals surface area (Å²) in [6, 6.07) is 0. The molecule has 0 saturated heterocycles. The lowest BCUT2D eigenvalue weighted by Gasteiger charge is -1.97. The highest BCUT2D eigenvalue weighted by atomic mass is 14.7. The van der Waals surface area contributed by atoms with Crippen molar-refractivity contribution in [2.75, 3.05) is 0 Å². The van der Waals surface area contributed by atoms with Crippen molar-refractivity contribution < 1.29 is 0 Å². The monoisotopic (exact) mass is 176 g/mol. The average Bonchev–Trinajstić information content (AvgIpc) is 2.19. The first kappa shape index (κ1) is 10.1. The van der Waals surface area contributed by atoms with Gasteiger partial charge >= 0.3 is 0 Å². The predicted molar refractivity (Wildman–Crippen MR) is 57.8 cm³/mol. The van der Waals surface area contributed by atoms with Gasteiger partial charge in [-0.1, -0.05) is 37.6 Å². The van der Waals surface area contributed by atoms with Crippen LogP contribution in [0.4, 0.5) is 0 Å². The summed E-state index contributed by atoms with van der Waals surface area (Å²) in [6.45, 7) is 2.24. The SMILES string of the molecule is CCCCCCCC1=[C+]N=CC=C1. The maximum atomic E-state index is 3.97. The van der Waals surface area contributed by atoms with Crippen LogP contribution in [0.5, 0.6) is 0 Å². The highest BCUT2D eigenvalue weighted by molar-refractivity contribution is 5.73. The highest BCUT2D eigenvalue weighted by Crippen LogP contribution is 2.12. The van der Waals surface area contributed by atoms with Gasteiger partial charge in [0.2, 0.25) is 0 Å². The van der Waals surface area contributed by atoms with E-state index in [9.17, 15) is 0 Å². The zero-order valence-electron chi connectivity index (χ0n) is 8.42. The second-order valence-electron chi connectivity index (χ2n) is 3.44. The maximum Gasteiger partial charge on any atom is 0.159 e. The van der Waals surface area contributed by atoms with Gasteiger partial charge in [0.1, 0.15) is 11.8 Å². The minimum absolute atomic E-state index is 1.14. The van der Waals surface area contributed by atoms with Gasteiger partial charge in [-0.2, -0.15) is 0 Å². The van der Waals surface area contributed by atoms with E-state index in [0.717, 1.165) is 6.42 Å². The summed E-state index contributed by atoms with van der Waals surface area (Å²) >= 11 is 0. The first-order valence-electron chi connectivity index (χ1n) is 5.25. The van der Waals surface area contributed by atoms with Crippen LogP contribution >= 0.6 is 0 Å². The standard InChI is InChI=1S/C12H18N/c1-2-3-4-5-6-8-12-9-7-10-13-11-12/h7,9-10H,2-6,8H2,1H3/q+1. The Balaban J connectivity index is 2.03. The van der Waals surface area contributed by atoms with E-state index in [-0.39, 0.29) is 0 Å². The molecule has 70 valence electrons. The molecule has 0 aromatic carbocycles. The molecule has 1 heteroatoms. The molecular formula is C12H18N+. The molecule has 1 aliphatic rings. The first-order chi connectivity index (χ1) is 6.43.